The molecule has 0 amide bonds. The van der Waals surface area contributed by atoms with E-state index in [1.165, 1.54) is 12.8 Å². The third-order valence-corrected chi connectivity index (χ3v) is 2.58. The zero-order chi connectivity index (χ0) is 9.80. The van der Waals surface area contributed by atoms with Crippen molar-refractivity contribution in [2.24, 2.45) is 5.73 Å². The molecule has 14 heavy (non-hydrogen) atoms. The van der Waals surface area contributed by atoms with Gasteiger partial charge >= 0.3 is 0 Å². The van der Waals surface area contributed by atoms with E-state index in [-0.39, 0.29) is 0 Å². The maximum absolute atomic E-state index is 5.35. The van der Waals surface area contributed by atoms with Crippen LogP contribution in [0.1, 0.15) is 37.3 Å². The van der Waals surface area contributed by atoms with E-state index >= 15 is 0 Å². The molecular formula is C9H15N3O2. The Morgan fingerprint density at radius 1 is 1.36 bits per heavy atom. The molecular weight excluding hydrogens is 182 g/mol. The van der Waals surface area contributed by atoms with Gasteiger partial charge in [0.25, 0.3) is 5.88 Å². The summed E-state index contributed by atoms with van der Waals surface area (Å²) in [4.78, 5) is 0. The van der Waals surface area contributed by atoms with Gasteiger partial charge in [0.2, 0.25) is 0 Å². The van der Waals surface area contributed by atoms with Crippen molar-refractivity contribution in [3.8, 4) is 5.88 Å². The average Bonchev–Trinajstić information content (AvgIpc) is 2.84. The zero-order valence-electron chi connectivity index (χ0n) is 8.11. The molecule has 0 bridgehead atoms. The van der Waals surface area contributed by atoms with Crippen LogP contribution in [0.3, 0.4) is 0 Å². The normalized spacial score (nSPS) is 17.5. The molecule has 2 rings (SSSR count). The largest absolute Gasteiger partial charge is 0.473 e. The fourth-order valence-electron chi connectivity index (χ4n) is 1.89. The summed E-state index contributed by atoms with van der Waals surface area (Å²) < 4.78 is 10.0. The Morgan fingerprint density at radius 3 is 2.86 bits per heavy atom. The van der Waals surface area contributed by atoms with Gasteiger partial charge in [-0.25, -0.2) is 4.63 Å². The molecule has 1 aliphatic rings. The first-order valence-corrected chi connectivity index (χ1v) is 5.07. The lowest BCUT2D eigenvalue weighted by Gasteiger charge is -2.05. The van der Waals surface area contributed by atoms with Crippen molar-refractivity contribution in [1.82, 2.24) is 10.3 Å². The first kappa shape index (κ1) is 9.45. The van der Waals surface area contributed by atoms with Crippen LogP contribution < -0.4 is 10.5 Å². The summed E-state index contributed by atoms with van der Waals surface area (Å²) in [6.45, 7) is 0.949. The van der Waals surface area contributed by atoms with Gasteiger partial charge in [-0.3, -0.25) is 0 Å². The van der Waals surface area contributed by atoms with E-state index in [9.17, 15) is 0 Å². The topological polar surface area (TPSA) is 74.2 Å². The highest BCUT2D eigenvalue weighted by Crippen LogP contribution is 2.36. The Kier molecular flexibility index (Phi) is 2.98. The maximum Gasteiger partial charge on any atom is 0.279 e. The molecule has 5 nitrogen and oxygen atoms in total. The van der Waals surface area contributed by atoms with Crippen LogP contribution in [0.15, 0.2) is 4.63 Å². The second-order valence-corrected chi connectivity index (χ2v) is 3.57. The quantitative estimate of drug-likeness (QED) is 0.781. The Labute approximate surface area is 82.6 Å². The highest BCUT2D eigenvalue weighted by molar-refractivity contribution is 5.20. The number of hydrogen-bond acceptors (Lipinski definition) is 5. The summed E-state index contributed by atoms with van der Waals surface area (Å²) in [6.07, 6.45) is 4.84. The van der Waals surface area contributed by atoms with E-state index in [1.54, 1.807) is 0 Å². The molecule has 0 atom stereocenters. The van der Waals surface area contributed by atoms with Crippen molar-refractivity contribution in [3.05, 3.63) is 5.69 Å². The van der Waals surface area contributed by atoms with Gasteiger partial charge in [0, 0.05) is 12.5 Å². The van der Waals surface area contributed by atoms with E-state index < -0.39 is 0 Å². The van der Waals surface area contributed by atoms with Gasteiger partial charge in [0.1, 0.15) is 6.61 Å². The Bertz CT molecular complexity index is 281. The molecule has 0 aliphatic heterocycles. The second kappa shape index (κ2) is 4.41. The highest BCUT2D eigenvalue weighted by atomic mass is 16.6. The van der Waals surface area contributed by atoms with E-state index in [0.29, 0.717) is 24.9 Å². The minimum Gasteiger partial charge on any atom is -0.473 e. The van der Waals surface area contributed by atoms with Crippen molar-refractivity contribution in [2.45, 2.75) is 31.6 Å². The first-order valence-electron chi connectivity index (χ1n) is 5.07. The van der Waals surface area contributed by atoms with Gasteiger partial charge < -0.3 is 10.5 Å². The Morgan fingerprint density at radius 2 is 2.14 bits per heavy atom. The minimum atomic E-state index is 0.466. The molecule has 1 aromatic rings. The number of rotatable bonds is 4. The lowest BCUT2D eigenvalue weighted by atomic mass is 10.1. The smallest absolute Gasteiger partial charge is 0.279 e. The Balaban J connectivity index is 2.04. The van der Waals surface area contributed by atoms with Gasteiger partial charge in [-0.05, 0) is 18.0 Å². The lowest BCUT2D eigenvalue weighted by Crippen LogP contribution is -2.12. The van der Waals surface area contributed by atoms with Gasteiger partial charge in [0.15, 0.2) is 5.69 Å². The second-order valence-electron chi connectivity index (χ2n) is 3.57. The molecule has 2 N–H and O–H groups in total. The maximum atomic E-state index is 5.35. The minimum absolute atomic E-state index is 0.466. The molecule has 78 valence electrons. The van der Waals surface area contributed by atoms with Crippen LogP contribution in [-0.4, -0.2) is 23.5 Å². The molecule has 1 saturated carbocycles. The molecule has 1 aromatic heterocycles. The predicted molar refractivity (Wildman–Crippen MR) is 50.1 cm³/mol. The van der Waals surface area contributed by atoms with E-state index in [1.807, 2.05) is 0 Å². The van der Waals surface area contributed by atoms with Crippen LogP contribution in [0.4, 0.5) is 0 Å². The number of hydrogen-bond donors (Lipinski definition) is 1. The van der Waals surface area contributed by atoms with Gasteiger partial charge in [-0.2, -0.15) is 0 Å². The van der Waals surface area contributed by atoms with E-state index in [0.717, 1.165) is 18.5 Å². The van der Waals surface area contributed by atoms with E-state index in [2.05, 4.69) is 14.9 Å². The fourth-order valence-corrected chi connectivity index (χ4v) is 1.89. The average molecular weight is 197 g/mol. The summed E-state index contributed by atoms with van der Waals surface area (Å²) in [5.74, 6) is 0.997. The molecule has 5 heteroatoms. The Hall–Kier alpha value is -1.10. The van der Waals surface area contributed by atoms with Crippen LogP contribution in [-0.2, 0) is 0 Å². The summed E-state index contributed by atoms with van der Waals surface area (Å²) in [6, 6.07) is 0. The van der Waals surface area contributed by atoms with Crippen molar-refractivity contribution < 1.29 is 9.37 Å². The van der Waals surface area contributed by atoms with Crippen LogP contribution in [0, 0.1) is 0 Å². The van der Waals surface area contributed by atoms with Crippen molar-refractivity contribution >= 4 is 0 Å². The van der Waals surface area contributed by atoms with Crippen LogP contribution in [0.25, 0.3) is 0 Å². The monoisotopic (exact) mass is 197 g/mol. The lowest BCUT2D eigenvalue weighted by molar-refractivity contribution is 0.260. The summed E-state index contributed by atoms with van der Waals surface area (Å²) in [5, 5.41) is 7.63. The van der Waals surface area contributed by atoms with Crippen molar-refractivity contribution in [2.75, 3.05) is 13.2 Å². The molecule has 1 fully saturated rings. The van der Waals surface area contributed by atoms with E-state index in [4.69, 9.17) is 10.5 Å². The van der Waals surface area contributed by atoms with Crippen LogP contribution >= 0.6 is 0 Å². The molecule has 0 saturated heterocycles. The van der Waals surface area contributed by atoms with Gasteiger partial charge in [0.05, 0.1) is 0 Å². The number of nitrogens with zero attached hydrogens (tertiary/aromatic N) is 2. The molecule has 0 unspecified atom stereocenters. The SMILES string of the molecule is NCCOc1nonc1C1CCCC1. The third kappa shape index (κ3) is 1.87. The summed E-state index contributed by atoms with van der Waals surface area (Å²) in [5.41, 5.74) is 6.22. The molecule has 1 aliphatic carbocycles. The number of ether oxygens (including phenoxy) is 1. The molecule has 0 radical (unpaired) electrons. The van der Waals surface area contributed by atoms with Crippen molar-refractivity contribution in [1.29, 1.82) is 0 Å². The number of aromatic nitrogens is 2. The standard InChI is InChI=1S/C9H15N3O2/c10-5-6-13-9-8(11-14-12-9)7-3-1-2-4-7/h7H,1-6,10H2. The fraction of sp³-hybridized carbons (Fsp3) is 0.778. The highest BCUT2D eigenvalue weighted by Gasteiger charge is 2.25. The molecule has 0 spiro atoms. The van der Waals surface area contributed by atoms with Gasteiger partial charge in [-0.1, -0.05) is 18.0 Å². The predicted octanol–water partition coefficient (Wildman–Crippen LogP) is 1.06. The van der Waals surface area contributed by atoms with Crippen molar-refractivity contribution in [3.63, 3.8) is 0 Å². The first-order chi connectivity index (χ1) is 6.92. The van der Waals surface area contributed by atoms with Crippen LogP contribution in [0.5, 0.6) is 5.88 Å². The zero-order valence-corrected chi connectivity index (χ0v) is 8.11. The third-order valence-electron chi connectivity index (χ3n) is 2.58. The summed E-state index contributed by atoms with van der Waals surface area (Å²) in [7, 11) is 0. The van der Waals surface area contributed by atoms with Crippen LogP contribution in [0.2, 0.25) is 0 Å². The molecule has 1 heterocycles. The van der Waals surface area contributed by atoms with Gasteiger partial charge in [-0.15, -0.1) is 0 Å². The molecule has 0 aromatic carbocycles. The summed E-state index contributed by atoms with van der Waals surface area (Å²) >= 11 is 0. The number of nitrogens with two attached hydrogens (primary N) is 1.